The lowest BCUT2D eigenvalue weighted by molar-refractivity contribution is 0.0929. The minimum absolute atomic E-state index is 0.0151. The van der Waals surface area contributed by atoms with Gasteiger partial charge in [-0.25, -0.2) is 0 Å². The second-order valence-electron chi connectivity index (χ2n) is 7.93. The van der Waals surface area contributed by atoms with E-state index in [4.69, 9.17) is 0 Å². The Labute approximate surface area is 161 Å². The lowest BCUT2D eigenvalue weighted by Crippen LogP contribution is -2.12. The summed E-state index contributed by atoms with van der Waals surface area (Å²) in [5, 5.41) is 0. The fourth-order valence-corrected chi connectivity index (χ4v) is 2.91. The minimum atomic E-state index is -0.145. The van der Waals surface area contributed by atoms with Gasteiger partial charge in [-0.2, -0.15) is 0 Å². The predicted molar refractivity (Wildman–Crippen MR) is 109 cm³/mol. The topological polar surface area (TPSA) is 51.2 Å². The summed E-state index contributed by atoms with van der Waals surface area (Å²) < 4.78 is 0. The first-order valence-electron chi connectivity index (χ1n) is 9.50. The van der Waals surface area contributed by atoms with Gasteiger partial charge in [0.25, 0.3) is 0 Å². The van der Waals surface area contributed by atoms with E-state index in [1.54, 1.807) is 18.2 Å². The van der Waals surface area contributed by atoms with E-state index in [-0.39, 0.29) is 35.1 Å². The van der Waals surface area contributed by atoms with E-state index in [0.717, 1.165) is 11.1 Å². The van der Waals surface area contributed by atoms with Gasteiger partial charge in [0.05, 0.1) is 0 Å². The summed E-state index contributed by atoms with van der Waals surface area (Å²) in [7, 11) is 0. The second-order valence-corrected chi connectivity index (χ2v) is 7.93. The quantitative estimate of drug-likeness (QED) is 0.577. The second kappa shape index (κ2) is 8.43. The molecule has 0 saturated heterocycles. The van der Waals surface area contributed by atoms with E-state index in [0.29, 0.717) is 16.7 Å². The molecule has 0 unspecified atom stereocenters. The fraction of sp³-hybridized carbons (Fsp3) is 0.375. The average Bonchev–Trinajstić information content (AvgIpc) is 2.65. The van der Waals surface area contributed by atoms with Crippen LogP contribution < -0.4 is 0 Å². The van der Waals surface area contributed by atoms with Crippen molar-refractivity contribution in [3.63, 3.8) is 0 Å². The van der Waals surface area contributed by atoms with E-state index < -0.39 is 0 Å². The SMILES string of the molecule is CC(C)C(=O)c1ccc(-c2cc(C(=O)C(C)C)cc(C(=O)C(C)C)c2)cc1. The maximum atomic E-state index is 12.5. The Kier molecular flexibility index (Phi) is 6.48. The molecular formula is C24H28O3. The third-order valence-electron chi connectivity index (χ3n) is 4.58. The van der Waals surface area contributed by atoms with Crippen LogP contribution in [0.4, 0.5) is 0 Å². The van der Waals surface area contributed by atoms with Crippen molar-refractivity contribution in [2.75, 3.05) is 0 Å². The summed E-state index contributed by atoms with van der Waals surface area (Å²) >= 11 is 0. The summed E-state index contributed by atoms with van der Waals surface area (Å²) in [5.74, 6) is -0.219. The molecule has 0 spiro atoms. The molecule has 3 heteroatoms. The summed E-state index contributed by atoms with van der Waals surface area (Å²) in [5.41, 5.74) is 3.46. The van der Waals surface area contributed by atoms with E-state index in [1.807, 2.05) is 65.8 Å². The van der Waals surface area contributed by atoms with Gasteiger partial charge >= 0.3 is 0 Å². The molecule has 0 aliphatic carbocycles. The fourth-order valence-electron chi connectivity index (χ4n) is 2.91. The molecule has 0 heterocycles. The Morgan fingerprint density at radius 3 is 1.26 bits per heavy atom. The standard InChI is InChI=1S/C24H28O3/c1-14(2)22(25)18-9-7-17(8-10-18)19-11-20(23(26)15(3)4)13-21(12-19)24(27)16(5)6/h7-16H,1-6H3. The van der Waals surface area contributed by atoms with E-state index >= 15 is 0 Å². The van der Waals surface area contributed by atoms with Gasteiger partial charge in [0.1, 0.15) is 0 Å². The lowest BCUT2D eigenvalue weighted by atomic mass is 9.90. The summed E-state index contributed by atoms with van der Waals surface area (Å²) in [6.07, 6.45) is 0. The van der Waals surface area contributed by atoms with Crippen LogP contribution in [0.2, 0.25) is 0 Å². The molecule has 0 amide bonds. The van der Waals surface area contributed by atoms with Crippen molar-refractivity contribution in [3.05, 3.63) is 59.2 Å². The van der Waals surface area contributed by atoms with Crippen LogP contribution in [0, 0.1) is 17.8 Å². The molecule has 142 valence electrons. The number of ketones is 3. The van der Waals surface area contributed by atoms with Crippen LogP contribution in [0.5, 0.6) is 0 Å². The molecule has 0 atom stereocenters. The van der Waals surface area contributed by atoms with Crippen molar-refractivity contribution < 1.29 is 14.4 Å². The van der Waals surface area contributed by atoms with Gasteiger partial charge in [-0.3, -0.25) is 14.4 Å². The van der Waals surface area contributed by atoms with E-state index in [2.05, 4.69) is 0 Å². The number of benzene rings is 2. The van der Waals surface area contributed by atoms with Gasteiger partial charge in [-0.05, 0) is 29.3 Å². The zero-order valence-electron chi connectivity index (χ0n) is 17.0. The van der Waals surface area contributed by atoms with Crippen LogP contribution in [0.25, 0.3) is 11.1 Å². The predicted octanol–water partition coefficient (Wildman–Crippen LogP) is 5.87. The first kappa shape index (κ1) is 20.8. The van der Waals surface area contributed by atoms with Gasteiger partial charge in [-0.15, -0.1) is 0 Å². The highest BCUT2D eigenvalue weighted by molar-refractivity contribution is 6.04. The van der Waals surface area contributed by atoms with Crippen molar-refractivity contribution in [2.24, 2.45) is 17.8 Å². The first-order chi connectivity index (χ1) is 12.6. The first-order valence-corrected chi connectivity index (χ1v) is 9.50. The van der Waals surface area contributed by atoms with Crippen LogP contribution >= 0.6 is 0 Å². The van der Waals surface area contributed by atoms with Crippen LogP contribution in [0.3, 0.4) is 0 Å². The number of hydrogen-bond acceptors (Lipinski definition) is 3. The Hall–Kier alpha value is -2.55. The summed E-state index contributed by atoms with van der Waals surface area (Å²) in [6, 6.07) is 12.7. The molecule has 0 radical (unpaired) electrons. The highest BCUT2D eigenvalue weighted by Crippen LogP contribution is 2.26. The number of Topliss-reactive ketones (excluding diaryl/α,β-unsaturated/α-hetero) is 3. The van der Waals surface area contributed by atoms with Crippen molar-refractivity contribution >= 4 is 17.3 Å². The van der Waals surface area contributed by atoms with Gasteiger partial charge < -0.3 is 0 Å². The molecule has 2 aromatic carbocycles. The molecule has 0 aromatic heterocycles. The van der Waals surface area contributed by atoms with E-state index in [9.17, 15) is 14.4 Å². The Morgan fingerprint density at radius 1 is 0.519 bits per heavy atom. The molecule has 2 aromatic rings. The zero-order valence-corrected chi connectivity index (χ0v) is 17.0. The van der Waals surface area contributed by atoms with Crippen molar-refractivity contribution in [3.8, 4) is 11.1 Å². The smallest absolute Gasteiger partial charge is 0.165 e. The number of hydrogen-bond donors (Lipinski definition) is 0. The largest absolute Gasteiger partial charge is 0.294 e. The van der Waals surface area contributed by atoms with E-state index in [1.165, 1.54) is 0 Å². The summed E-state index contributed by atoms with van der Waals surface area (Å²) in [4.78, 5) is 37.2. The molecule has 0 aliphatic heterocycles. The molecule has 2 rings (SSSR count). The molecule has 0 saturated carbocycles. The monoisotopic (exact) mass is 364 g/mol. The van der Waals surface area contributed by atoms with Crippen LogP contribution in [0.15, 0.2) is 42.5 Å². The van der Waals surface area contributed by atoms with Gasteiger partial charge in [-0.1, -0.05) is 65.8 Å². The van der Waals surface area contributed by atoms with Crippen molar-refractivity contribution in [1.29, 1.82) is 0 Å². The van der Waals surface area contributed by atoms with Crippen molar-refractivity contribution in [2.45, 2.75) is 41.5 Å². The maximum absolute atomic E-state index is 12.5. The zero-order chi connectivity index (χ0) is 20.3. The van der Waals surface area contributed by atoms with Gasteiger partial charge in [0.15, 0.2) is 17.3 Å². The van der Waals surface area contributed by atoms with Crippen LogP contribution in [0.1, 0.15) is 72.6 Å². The molecule has 27 heavy (non-hydrogen) atoms. The Bertz CT molecular complexity index is 817. The average molecular weight is 364 g/mol. The Morgan fingerprint density at radius 2 is 0.889 bits per heavy atom. The van der Waals surface area contributed by atoms with Gasteiger partial charge in [0, 0.05) is 34.4 Å². The highest BCUT2D eigenvalue weighted by Gasteiger charge is 2.18. The maximum Gasteiger partial charge on any atom is 0.165 e. The summed E-state index contributed by atoms with van der Waals surface area (Å²) in [6.45, 7) is 11.2. The molecular weight excluding hydrogens is 336 g/mol. The van der Waals surface area contributed by atoms with Gasteiger partial charge in [0.2, 0.25) is 0 Å². The minimum Gasteiger partial charge on any atom is -0.294 e. The molecule has 0 N–H and O–H groups in total. The third-order valence-corrected chi connectivity index (χ3v) is 4.58. The molecule has 3 nitrogen and oxygen atoms in total. The normalized spacial score (nSPS) is 11.3. The lowest BCUT2D eigenvalue weighted by Gasteiger charge is -2.12. The Balaban J connectivity index is 2.53. The van der Waals surface area contributed by atoms with Crippen LogP contribution in [-0.4, -0.2) is 17.3 Å². The number of rotatable bonds is 7. The number of carbonyl (C=O) groups is 3. The number of carbonyl (C=O) groups excluding carboxylic acids is 3. The molecule has 0 fully saturated rings. The third kappa shape index (κ3) is 4.79. The molecule has 0 aliphatic rings. The van der Waals surface area contributed by atoms with Crippen molar-refractivity contribution in [1.82, 2.24) is 0 Å². The highest BCUT2D eigenvalue weighted by atomic mass is 16.1. The van der Waals surface area contributed by atoms with Crippen LogP contribution in [-0.2, 0) is 0 Å². The molecule has 0 bridgehead atoms.